The fourth-order valence-electron chi connectivity index (χ4n) is 1.60. The van der Waals surface area contributed by atoms with Crippen molar-refractivity contribution in [2.24, 2.45) is 5.92 Å². The fraction of sp³-hybridized carbons (Fsp3) is 1.00. The van der Waals surface area contributed by atoms with Crippen LogP contribution < -0.4 is 0 Å². The first kappa shape index (κ1) is 8.98. The smallest absolute Gasteiger partial charge is 0.115 e. The van der Waals surface area contributed by atoms with Crippen molar-refractivity contribution >= 4 is 0 Å². The summed E-state index contributed by atoms with van der Waals surface area (Å²) in [4.78, 5) is 2.23. The highest BCUT2D eigenvalue weighted by molar-refractivity contribution is 4.76. The number of hydrogen-bond acceptors (Lipinski definition) is 1. The van der Waals surface area contributed by atoms with Crippen LogP contribution in [0.15, 0.2) is 0 Å². The minimum absolute atomic E-state index is 0.281. The van der Waals surface area contributed by atoms with Gasteiger partial charge in [0.2, 0.25) is 0 Å². The van der Waals surface area contributed by atoms with Crippen LogP contribution in [0.4, 0.5) is 4.39 Å². The van der Waals surface area contributed by atoms with Crippen molar-refractivity contribution in [3.05, 3.63) is 0 Å². The van der Waals surface area contributed by atoms with E-state index in [9.17, 15) is 4.39 Å². The number of nitrogens with zero attached hydrogens (tertiary/aromatic N) is 1. The number of piperidine rings is 1. The third kappa shape index (κ3) is 2.44. The highest BCUT2D eigenvalue weighted by atomic mass is 19.1. The van der Waals surface area contributed by atoms with Gasteiger partial charge < -0.3 is 4.90 Å². The Morgan fingerprint density at radius 1 is 1.55 bits per heavy atom. The molecular weight excluding hydrogens is 141 g/mol. The molecule has 1 rings (SSSR count). The third-order valence-electron chi connectivity index (χ3n) is 2.49. The van der Waals surface area contributed by atoms with Crippen LogP contribution >= 0.6 is 0 Å². The first-order chi connectivity index (χ1) is 5.24. The summed E-state index contributed by atoms with van der Waals surface area (Å²) in [5.74, 6) is 0.281. The van der Waals surface area contributed by atoms with E-state index in [4.69, 9.17) is 0 Å². The Bertz CT molecular complexity index is 116. The normalized spacial score (nSPS) is 34.1. The summed E-state index contributed by atoms with van der Waals surface area (Å²) < 4.78 is 13.1. The van der Waals surface area contributed by atoms with Gasteiger partial charge in [0, 0.05) is 6.54 Å². The van der Waals surface area contributed by atoms with Crippen molar-refractivity contribution in [1.82, 2.24) is 4.90 Å². The van der Waals surface area contributed by atoms with Crippen LogP contribution in [-0.4, -0.2) is 30.7 Å². The van der Waals surface area contributed by atoms with Crippen LogP contribution in [0.25, 0.3) is 0 Å². The molecule has 1 aliphatic rings. The first-order valence-corrected chi connectivity index (χ1v) is 4.60. The van der Waals surface area contributed by atoms with E-state index in [1.807, 2.05) is 6.92 Å². The van der Waals surface area contributed by atoms with Crippen LogP contribution in [0.3, 0.4) is 0 Å². The van der Waals surface area contributed by atoms with Gasteiger partial charge in [0.05, 0.1) is 0 Å². The Kier molecular flexibility index (Phi) is 3.31. The van der Waals surface area contributed by atoms with Crippen molar-refractivity contribution in [2.75, 3.05) is 19.6 Å². The lowest BCUT2D eigenvalue weighted by Gasteiger charge is -2.32. The topological polar surface area (TPSA) is 3.24 Å². The molecule has 2 heteroatoms. The molecule has 0 aliphatic carbocycles. The van der Waals surface area contributed by atoms with E-state index in [2.05, 4.69) is 11.8 Å². The first-order valence-electron chi connectivity index (χ1n) is 4.60. The molecule has 11 heavy (non-hydrogen) atoms. The van der Waals surface area contributed by atoms with E-state index < -0.39 is 6.17 Å². The predicted octanol–water partition coefficient (Wildman–Crippen LogP) is 2.08. The Labute approximate surface area is 68.6 Å². The van der Waals surface area contributed by atoms with E-state index in [0.29, 0.717) is 6.54 Å². The Hall–Kier alpha value is -0.110. The maximum atomic E-state index is 13.1. The number of rotatable bonds is 2. The maximum Gasteiger partial charge on any atom is 0.115 e. The number of halogens is 1. The minimum Gasteiger partial charge on any atom is -0.300 e. The van der Waals surface area contributed by atoms with Crippen molar-refractivity contribution in [3.63, 3.8) is 0 Å². The summed E-state index contributed by atoms with van der Waals surface area (Å²) in [7, 11) is 0. The Balaban J connectivity index is 2.28. The van der Waals surface area contributed by atoms with Crippen molar-refractivity contribution in [1.29, 1.82) is 0 Å². The van der Waals surface area contributed by atoms with Crippen molar-refractivity contribution < 1.29 is 4.39 Å². The molecule has 0 spiro atoms. The standard InChI is InChI=1S/C9H18FN/c1-3-5-11-6-4-8(2)9(10)7-11/h8-9H,3-7H2,1-2H3/t8-,9-/m0/s1. The van der Waals surface area contributed by atoms with Gasteiger partial charge >= 0.3 is 0 Å². The molecule has 0 saturated carbocycles. The molecule has 0 bridgehead atoms. The van der Waals surface area contributed by atoms with Gasteiger partial charge in [-0.05, 0) is 31.8 Å². The lowest BCUT2D eigenvalue weighted by molar-refractivity contribution is 0.0936. The summed E-state index contributed by atoms with van der Waals surface area (Å²) in [6.45, 7) is 6.97. The molecule has 0 N–H and O–H groups in total. The molecule has 1 fully saturated rings. The lowest BCUT2D eigenvalue weighted by atomic mass is 9.97. The van der Waals surface area contributed by atoms with Crippen LogP contribution in [-0.2, 0) is 0 Å². The van der Waals surface area contributed by atoms with Gasteiger partial charge in [0.25, 0.3) is 0 Å². The summed E-state index contributed by atoms with van der Waals surface area (Å²) in [5.41, 5.74) is 0. The fourth-order valence-corrected chi connectivity index (χ4v) is 1.60. The zero-order valence-corrected chi connectivity index (χ0v) is 7.52. The monoisotopic (exact) mass is 159 g/mol. The summed E-state index contributed by atoms with van der Waals surface area (Å²) in [5, 5.41) is 0. The van der Waals surface area contributed by atoms with Gasteiger partial charge in [-0.1, -0.05) is 13.8 Å². The lowest BCUT2D eigenvalue weighted by Crippen LogP contribution is -2.41. The average Bonchev–Trinajstić information content (AvgIpc) is 1.98. The second-order valence-corrected chi connectivity index (χ2v) is 3.58. The van der Waals surface area contributed by atoms with Crippen LogP contribution in [0.5, 0.6) is 0 Å². The maximum absolute atomic E-state index is 13.1. The number of hydrogen-bond donors (Lipinski definition) is 0. The number of alkyl halides is 1. The van der Waals surface area contributed by atoms with Gasteiger partial charge in [0.1, 0.15) is 6.17 Å². The predicted molar refractivity (Wildman–Crippen MR) is 45.4 cm³/mol. The molecule has 2 atom stereocenters. The Morgan fingerprint density at radius 3 is 2.82 bits per heavy atom. The van der Waals surface area contributed by atoms with Gasteiger partial charge in [-0.15, -0.1) is 0 Å². The van der Waals surface area contributed by atoms with Crippen molar-refractivity contribution in [2.45, 2.75) is 32.9 Å². The molecule has 66 valence electrons. The second-order valence-electron chi connectivity index (χ2n) is 3.58. The molecule has 0 aromatic heterocycles. The van der Waals surface area contributed by atoms with E-state index in [-0.39, 0.29) is 5.92 Å². The molecular formula is C9H18FN. The zero-order chi connectivity index (χ0) is 8.27. The molecule has 0 aromatic carbocycles. The molecule has 1 nitrogen and oxygen atoms in total. The minimum atomic E-state index is -0.588. The quantitative estimate of drug-likeness (QED) is 0.596. The molecule has 1 heterocycles. The largest absolute Gasteiger partial charge is 0.300 e. The second kappa shape index (κ2) is 4.05. The zero-order valence-electron chi connectivity index (χ0n) is 7.52. The molecule has 0 aromatic rings. The Morgan fingerprint density at radius 2 is 2.27 bits per heavy atom. The van der Waals surface area contributed by atoms with Crippen LogP contribution in [0.2, 0.25) is 0 Å². The third-order valence-corrected chi connectivity index (χ3v) is 2.49. The summed E-state index contributed by atoms with van der Waals surface area (Å²) in [6, 6.07) is 0. The van der Waals surface area contributed by atoms with Gasteiger partial charge in [-0.2, -0.15) is 0 Å². The van der Waals surface area contributed by atoms with Gasteiger partial charge in [-0.25, -0.2) is 4.39 Å². The summed E-state index contributed by atoms with van der Waals surface area (Å²) >= 11 is 0. The van der Waals surface area contributed by atoms with Gasteiger partial charge in [-0.3, -0.25) is 0 Å². The van der Waals surface area contributed by atoms with E-state index in [1.165, 1.54) is 0 Å². The van der Waals surface area contributed by atoms with Crippen LogP contribution in [0.1, 0.15) is 26.7 Å². The average molecular weight is 159 g/mol. The highest BCUT2D eigenvalue weighted by Gasteiger charge is 2.24. The van der Waals surface area contributed by atoms with Crippen LogP contribution in [0, 0.1) is 5.92 Å². The molecule has 0 radical (unpaired) electrons. The summed E-state index contributed by atoms with van der Waals surface area (Å²) in [6.07, 6.45) is 1.58. The molecule has 0 unspecified atom stereocenters. The molecule has 1 aliphatic heterocycles. The van der Waals surface area contributed by atoms with E-state index in [1.54, 1.807) is 0 Å². The highest BCUT2D eigenvalue weighted by Crippen LogP contribution is 2.19. The molecule has 0 amide bonds. The van der Waals surface area contributed by atoms with E-state index >= 15 is 0 Å². The van der Waals surface area contributed by atoms with E-state index in [0.717, 1.165) is 25.9 Å². The van der Waals surface area contributed by atoms with Gasteiger partial charge in [0.15, 0.2) is 0 Å². The number of likely N-dealkylation sites (tertiary alicyclic amines) is 1. The SMILES string of the molecule is CCCN1CC[C@H](C)[C@@H](F)C1. The van der Waals surface area contributed by atoms with Crippen molar-refractivity contribution in [3.8, 4) is 0 Å². The molecule has 1 saturated heterocycles.